The van der Waals surface area contributed by atoms with Crippen molar-refractivity contribution in [3.63, 3.8) is 0 Å². The smallest absolute Gasteiger partial charge is 0.274 e. The van der Waals surface area contributed by atoms with Crippen LogP contribution in [-0.4, -0.2) is 15.9 Å². The van der Waals surface area contributed by atoms with Crippen molar-refractivity contribution in [3.8, 4) is 5.75 Å². The number of nitrogen functional groups attached to an aromatic ring is 1. The van der Waals surface area contributed by atoms with Crippen molar-refractivity contribution < 1.29 is 9.53 Å². The van der Waals surface area contributed by atoms with Crippen molar-refractivity contribution in [3.05, 3.63) is 76.7 Å². The van der Waals surface area contributed by atoms with E-state index in [1.54, 1.807) is 24.4 Å². The van der Waals surface area contributed by atoms with Crippen LogP contribution in [-0.2, 0) is 0 Å². The number of carbonyl (C=O) groups excluding carboxylic acids is 1. The molecule has 3 aromatic rings. The molecule has 7 heteroatoms. The lowest BCUT2D eigenvalue weighted by molar-refractivity contribution is 0.102. The minimum atomic E-state index is -0.318. The quantitative estimate of drug-likeness (QED) is 0.682. The standard InChI is InChI=1S/C20H19ClN4O2/c1-12-6-7-23-17(8-12)20(26)25-16-5-3-4-14(9-16)13(2)27-18-10-15(21)11-24-19(18)22/h3-11,13H,1-2H3,(H2,22,24)(H,25,26)/t13-/m1/s1. The van der Waals surface area contributed by atoms with E-state index in [2.05, 4.69) is 15.3 Å². The Labute approximate surface area is 162 Å². The normalized spacial score (nSPS) is 11.7. The van der Waals surface area contributed by atoms with Gasteiger partial charge in [0.25, 0.3) is 5.91 Å². The van der Waals surface area contributed by atoms with Gasteiger partial charge in [-0.2, -0.15) is 0 Å². The van der Waals surface area contributed by atoms with E-state index in [0.29, 0.717) is 22.2 Å². The van der Waals surface area contributed by atoms with Crippen LogP contribution in [0, 0.1) is 6.92 Å². The van der Waals surface area contributed by atoms with Gasteiger partial charge in [-0.25, -0.2) is 4.98 Å². The van der Waals surface area contributed by atoms with Crippen LogP contribution in [0.3, 0.4) is 0 Å². The van der Waals surface area contributed by atoms with Crippen LogP contribution in [0.2, 0.25) is 5.02 Å². The fourth-order valence-corrected chi connectivity index (χ4v) is 2.66. The molecule has 0 saturated heterocycles. The first kappa shape index (κ1) is 18.7. The maximum absolute atomic E-state index is 12.4. The zero-order valence-corrected chi connectivity index (χ0v) is 15.7. The van der Waals surface area contributed by atoms with Gasteiger partial charge in [0.2, 0.25) is 0 Å². The van der Waals surface area contributed by atoms with Gasteiger partial charge < -0.3 is 15.8 Å². The molecule has 1 atom stereocenters. The van der Waals surface area contributed by atoms with Gasteiger partial charge in [-0.15, -0.1) is 0 Å². The Balaban J connectivity index is 1.74. The molecule has 1 amide bonds. The number of benzene rings is 1. The van der Waals surface area contributed by atoms with Crippen molar-refractivity contribution >= 4 is 29.0 Å². The Morgan fingerprint density at radius 1 is 1.22 bits per heavy atom. The van der Waals surface area contributed by atoms with Crippen LogP contribution in [0.25, 0.3) is 0 Å². The van der Waals surface area contributed by atoms with Gasteiger partial charge in [0.1, 0.15) is 11.8 Å². The van der Waals surface area contributed by atoms with E-state index in [0.717, 1.165) is 11.1 Å². The van der Waals surface area contributed by atoms with Crippen LogP contribution >= 0.6 is 11.6 Å². The number of carbonyl (C=O) groups is 1. The molecule has 138 valence electrons. The van der Waals surface area contributed by atoms with E-state index in [1.807, 2.05) is 38.1 Å². The maximum atomic E-state index is 12.4. The predicted molar refractivity (Wildman–Crippen MR) is 106 cm³/mol. The lowest BCUT2D eigenvalue weighted by atomic mass is 10.1. The summed E-state index contributed by atoms with van der Waals surface area (Å²) in [5.41, 5.74) is 8.68. The molecule has 0 radical (unpaired) electrons. The monoisotopic (exact) mass is 382 g/mol. The zero-order chi connectivity index (χ0) is 19.4. The van der Waals surface area contributed by atoms with Crippen LogP contribution in [0.5, 0.6) is 5.75 Å². The molecular weight excluding hydrogens is 364 g/mol. The summed E-state index contributed by atoms with van der Waals surface area (Å²) >= 11 is 5.95. The molecule has 0 aliphatic carbocycles. The molecule has 0 saturated carbocycles. The average molecular weight is 383 g/mol. The number of hydrogen-bond donors (Lipinski definition) is 2. The summed E-state index contributed by atoms with van der Waals surface area (Å²) in [6, 6.07) is 12.6. The van der Waals surface area contributed by atoms with Crippen molar-refractivity contribution in [1.29, 1.82) is 0 Å². The number of nitrogens with two attached hydrogens (primary N) is 1. The first-order chi connectivity index (χ1) is 12.9. The van der Waals surface area contributed by atoms with Crippen molar-refractivity contribution in [1.82, 2.24) is 9.97 Å². The highest BCUT2D eigenvalue weighted by Gasteiger charge is 2.13. The third-order valence-corrected chi connectivity index (χ3v) is 4.12. The van der Waals surface area contributed by atoms with Gasteiger partial charge in [0, 0.05) is 24.1 Å². The predicted octanol–water partition coefficient (Wildman–Crippen LogP) is 4.41. The highest BCUT2D eigenvalue weighted by molar-refractivity contribution is 6.30. The van der Waals surface area contributed by atoms with E-state index < -0.39 is 0 Å². The highest BCUT2D eigenvalue weighted by Crippen LogP contribution is 2.29. The Hall–Kier alpha value is -3.12. The summed E-state index contributed by atoms with van der Waals surface area (Å²) in [4.78, 5) is 20.5. The molecule has 3 rings (SSSR count). The molecule has 2 heterocycles. The summed E-state index contributed by atoms with van der Waals surface area (Å²) in [6.07, 6.45) is 2.76. The van der Waals surface area contributed by atoms with E-state index in [4.69, 9.17) is 22.1 Å². The Morgan fingerprint density at radius 3 is 2.81 bits per heavy atom. The second-order valence-corrected chi connectivity index (χ2v) is 6.53. The summed E-state index contributed by atoms with van der Waals surface area (Å²) in [6.45, 7) is 3.79. The molecule has 0 aliphatic heterocycles. The zero-order valence-electron chi connectivity index (χ0n) is 14.9. The number of pyridine rings is 2. The molecule has 0 aliphatic rings. The molecular formula is C20H19ClN4O2. The van der Waals surface area contributed by atoms with Gasteiger partial charge in [0.05, 0.1) is 5.02 Å². The van der Waals surface area contributed by atoms with Crippen LogP contribution in [0.15, 0.2) is 54.9 Å². The first-order valence-electron chi connectivity index (χ1n) is 8.34. The lowest BCUT2D eigenvalue weighted by Gasteiger charge is -2.17. The Bertz CT molecular complexity index is 978. The van der Waals surface area contributed by atoms with Crippen LogP contribution in [0.1, 0.15) is 34.6 Å². The second-order valence-electron chi connectivity index (χ2n) is 6.10. The van der Waals surface area contributed by atoms with E-state index in [1.165, 1.54) is 6.20 Å². The molecule has 1 aromatic carbocycles. The highest BCUT2D eigenvalue weighted by atomic mass is 35.5. The minimum absolute atomic E-state index is 0.265. The summed E-state index contributed by atoms with van der Waals surface area (Å²) in [5, 5.41) is 3.29. The SMILES string of the molecule is Cc1ccnc(C(=O)Nc2cccc([C@@H](C)Oc3cc(Cl)cnc3N)c2)c1. The third kappa shape index (κ3) is 4.74. The minimum Gasteiger partial charge on any atom is -0.482 e. The first-order valence-corrected chi connectivity index (χ1v) is 8.72. The fourth-order valence-electron chi connectivity index (χ4n) is 2.51. The number of ether oxygens (including phenoxy) is 1. The molecule has 6 nitrogen and oxygen atoms in total. The molecule has 27 heavy (non-hydrogen) atoms. The van der Waals surface area contributed by atoms with Crippen molar-refractivity contribution in [2.75, 3.05) is 11.1 Å². The molecule has 0 unspecified atom stereocenters. The number of aromatic nitrogens is 2. The molecule has 3 N–H and O–H groups in total. The van der Waals surface area contributed by atoms with Crippen LogP contribution in [0.4, 0.5) is 11.5 Å². The van der Waals surface area contributed by atoms with Gasteiger partial charge in [-0.3, -0.25) is 9.78 Å². The Morgan fingerprint density at radius 2 is 2.04 bits per heavy atom. The van der Waals surface area contributed by atoms with E-state index in [-0.39, 0.29) is 17.8 Å². The number of nitrogens with one attached hydrogen (secondary N) is 1. The number of nitrogens with zero attached hydrogens (tertiary/aromatic N) is 2. The topological polar surface area (TPSA) is 90.1 Å². The summed E-state index contributed by atoms with van der Waals surface area (Å²) < 4.78 is 5.88. The number of hydrogen-bond acceptors (Lipinski definition) is 5. The molecule has 2 aromatic heterocycles. The average Bonchev–Trinajstić information content (AvgIpc) is 2.65. The number of aryl methyl sites for hydroxylation is 1. The van der Waals surface area contributed by atoms with Crippen molar-refractivity contribution in [2.45, 2.75) is 20.0 Å². The van der Waals surface area contributed by atoms with Gasteiger partial charge in [-0.1, -0.05) is 23.7 Å². The lowest BCUT2D eigenvalue weighted by Crippen LogP contribution is -2.14. The van der Waals surface area contributed by atoms with Gasteiger partial charge >= 0.3 is 0 Å². The van der Waals surface area contributed by atoms with E-state index >= 15 is 0 Å². The third-order valence-electron chi connectivity index (χ3n) is 3.91. The second kappa shape index (κ2) is 8.05. The molecule has 0 spiro atoms. The summed E-state index contributed by atoms with van der Waals surface area (Å²) in [7, 11) is 0. The fraction of sp³-hybridized carbons (Fsp3) is 0.150. The molecule has 0 fully saturated rings. The number of anilines is 2. The van der Waals surface area contributed by atoms with Gasteiger partial charge in [0.15, 0.2) is 11.6 Å². The Kier molecular flexibility index (Phi) is 5.57. The number of rotatable bonds is 5. The number of halogens is 1. The van der Waals surface area contributed by atoms with Crippen molar-refractivity contribution in [2.24, 2.45) is 0 Å². The maximum Gasteiger partial charge on any atom is 0.274 e. The number of amides is 1. The van der Waals surface area contributed by atoms with E-state index in [9.17, 15) is 4.79 Å². The summed E-state index contributed by atoms with van der Waals surface area (Å²) in [5.74, 6) is 0.405. The largest absolute Gasteiger partial charge is 0.482 e. The van der Waals surface area contributed by atoms with Crippen LogP contribution < -0.4 is 15.8 Å². The van der Waals surface area contributed by atoms with Gasteiger partial charge in [-0.05, 0) is 49.2 Å². The molecule has 0 bridgehead atoms.